The summed E-state index contributed by atoms with van der Waals surface area (Å²) in [4.78, 5) is 31.5. The first-order valence-electron chi connectivity index (χ1n) is 9.18. The van der Waals surface area contributed by atoms with Crippen LogP contribution in [0, 0.1) is 0 Å². The van der Waals surface area contributed by atoms with Gasteiger partial charge in [0, 0.05) is 38.0 Å². The van der Waals surface area contributed by atoms with Crippen molar-refractivity contribution in [3.63, 3.8) is 0 Å². The van der Waals surface area contributed by atoms with E-state index in [2.05, 4.69) is 10.3 Å². The van der Waals surface area contributed by atoms with Crippen molar-refractivity contribution < 1.29 is 22.8 Å². The van der Waals surface area contributed by atoms with E-state index in [9.17, 15) is 22.8 Å². The standard InChI is InChI=1S/C21H21F3N4O2/c1-27-12-16-8-14(10-25-20(16)26-18(29)13-27)6-7-19(30)28(2)11-15-4-3-5-17(9-15)21(22,23)24/h3-10H,11-13H2,1-2H3,(H,25,26,29). The van der Waals surface area contributed by atoms with Gasteiger partial charge in [0.2, 0.25) is 11.8 Å². The van der Waals surface area contributed by atoms with Crippen LogP contribution in [0.1, 0.15) is 22.3 Å². The second-order valence-corrected chi connectivity index (χ2v) is 7.22. The summed E-state index contributed by atoms with van der Waals surface area (Å²) in [6.45, 7) is 0.846. The first kappa shape index (κ1) is 21.5. The molecule has 1 aromatic carbocycles. The molecule has 30 heavy (non-hydrogen) atoms. The molecule has 1 aliphatic rings. The van der Waals surface area contributed by atoms with Crippen molar-refractivity contribution >= 4 is 23.7 Å². The molecule has 1 aliphatic heterocycles. The maximum absolute atomic E-state index is 12.8. The Balaban J connectivity index is 1.68. The minimum absolute atomic E-state index is 0.0480. The molecule has 0 atom stereocenters. The number of benzene rings is 1. The molecule has 2 heterocycles. The average molecular weight is 418 g/mol. The molecule has 0 radical (unpaired) electrons. The minimum Gasteiger partial charge on any atom is -0.338 e. The summed E-state index contributed by atoms with van der Waals surface area (Å²) in [5.41, 5.74) is 1.15. The van der Waals surface area contributed by atoms with Gasteiger partial charge in [0.05, 0.1) is 12.1 Å². The largest absolute Gasteiger partial charge is 0.416 e. The first-order chi connectivity index (χ1) is 14.1. The number of hydrogen-bond acceptors (Lipinski definition) is 4. The van der Waals surface area contributed by atoms with Gasteiger partial charge in [-0.3, -0.25) is 14.5 Å². The Kier molecular flexibility index (Phi) is 6.21. The van der Waals surface area contributed by atoms with E-state index in [1.54, 1.807) is 18.3 Å². The van der Waals surface area contributed by atoms with Crippen LogP contribution < -0.4 is 5.32 Å². The maximum Gasteiger partial charge on any atom is 0.416 e. The predicted octanol–water partition coefficient (Wildman–Crippen LogP) is 3.16. The SMILES string of the molecule is CN1CC(=O)Nc2ncc(C=CC(=O)N(C)Cc3cccc(C(F)(F)F)c3)cc2C1. The van der Waals surface area contributed by atoms with Gasteiger partial charge >= 0.3 is 6.18 Å². The lowest BCUT2D eigenvalue weighted by Gasteiger charge is -2.16. The quantitative estimate of drug-likeness (QED) is 0.775. The number of nitrogens with one attached hydrogen (secondary N) is 1. The number of alkyl halides is 3. The van der Waals surface area contributed by atoms with Crippen molar-refractivity contribution in [2.45, 2.75) is 19.3 Å². The Labute approximate surface area is 172 Å². The Hall–Kier alpha value is -3.20. The molecule has 1 N–H and O–H groups in total. The zero-order chi connectivity index (χ0) is 21.9. The second-order valence-electron chi connectivity index (χ2n) is 7.22. The zero-order valence-corrected chi connectivity index (χ0v) is 16.5. The molecular formula is C21H21F3N4O2. The van der Waals surface area contributed by atoms with E-state index in [0.29, 0.717) is 23.5 Å². The smallest absolute Gasteiger partial charge is 0.338 e. The van der Waals surface area contributed by atoms with Gasteiger partial charge in [-0.1, -0.05) is 12.1 Å². The van der Waals surface area contributed by atoms with Crippen LogP contribution >= 0.6 is 0 Å². The molecule has 158 valence electrons. The molecule has 0 aliphatic carbocycles. The van der Waals surface area contributed by atoms with E-state index in [1.807, 2.05) is 18.0 Å². The predicted molar refractivity (Wildman–Crippen MR) is 106 cm³/mol. The van der Waals surface area contributed by atoms with Crippen LogP contribution in [0.3, 0.4) is 0 Å². The van der Waals surface area contributed by atoms with E-state index in [0.717, 1.165) is 17.7 Å². The zero-order valence-electron chi connectivity index (χ0n) is 16.5. The summed E-state index contributed by atoms with van der Waals surface area (Å²) in [5, 5.41) is 2.73. The average Bonchev–Trinajstić information content (AvgIpc) is 2.81. The normalized spacial score (nSPS) is 14.9. The van der Waals surface area contributed by atoms with Crippen LogP contribution in [0.15, 0.2) is 42.6 Å². The monoisotopic (exact) mass is 418 g/mol. The van der Waals surface area contributed by atoms with E-state index < -0.39 is 11.7 Å². The molecule has 0 unspecified atom stereocenters. The third-order valence-electron chi connectivity index (χ3n) is 4.57. The molecule has 2 aromatic rings. The fourth-order valence-electron chi connectivity index (χ4n) is 3.11. The van der Waals surface area contributed by atoms with E-state index in [4.69, 9.17) is 0 Å². The summed E-state index contributed by atoms with van der Waals surface area (Å²) >= 11 is 0. The van der Waals surface area contributed by atoms with E-state index in [-0.39, 0.29) is 24.9 Å². The Morgan fingerprint density at radius 3 is 2.80 bits per heavy atom. The number of pyridine rings is 1. The van der Waals surface area contributed by atoms with Gasteiger partial charge in [-0.25, -0.2) is 4.98 Å². The molecule has 0 spiro atoms. The van der Waals surface area contributed by atoms with Crippen molar-refractivity contribution in [1.29, 1.82) is 0 Å². The lowest BCUT2D eigenvalue weighted by Crippen LogP contribution is -2.26. The molecule has 9 heteroatoms. The summed E-state index contributed by atoms with van der Waals surface area (Å²) < 4.78 is 38.5. The van der Waals surface area contributed by atoms with Gasteiger partial charge < -0.3 is 10.2 Å². The van der Waals surface area contributed by atoms with Gasteiger partial charge in [-0.15, -0.1) is 0 Å². The molecule has 6 nitrogen and oxygen atoms in total. The summed E-state index contributed by atoms with van der Waals surface area (Å²) in [5.74, 6) is 0.000652. The molecule has 0 fully saturated rings. The van der Waals surface area contributed by atoms with Crippen LogP contribution in [-0.4, -0.2) is 47.2 Å². The molecule has 0 saturated carbocycles. The number of anilines is 1. The van der Waals surface area contributed by atoms with Crippen LogP contribution in [0.5, 0.6) is 0 Å². The third-order valence-corrected chi connectivity index (χ3v) is 4.57. The Morgan fingerprint density at radius 1 is 1.30 bits per heavy atom. The minimum atomic E-state index is -4.43. The number of aromatic nitrogens is 1. The molecule has 1 aromatic heterocycles. The number of rotatable bonds is 4. The maximum atomic E-state index is 12.8. The van der Waals surface area contributed by atoms with Gasteiger partial charge in [0.15, 0.2) is 0 Å². The van der Waals surface area contributed by atoms with Crippen molar-refractivity contribution in [2.75, 3.05) is 26.0 Å². The highest BCUT2D eigenvalue weighted by Crippen LogP contribution is 2.29. The van der Waals surface area contributed by atoms with Gasteiger partial charge in [0.25, 0.3) is 0 Å². The topological polar surface area (TPSA) is 65.5 Å². The molecule has 0 saturated heterocycles. The number of halogens is 3. The van der Waals surface area contributed by atoms with Gasteiger partial charge in [0.1, 0.15) is 5.82 Å². The van der Waals surface area contributed by atoms with Crippen molar-refractivity contribution in [2.24, 2.45) is 0 Å². The highest BCUT2D eigenvalue weighted by atomic mass is 19.4. The summed E-state index contributed by atoms with van der Waals surface area (Å²) in [6, 6.07) is 6.74. The summed E-state index contributed by atoms with van der Waals surface area (Å²) in [7, 11) is 3.34. The number of fused-ring (bicyclic) bond motifs is 1. The number of hydrogen-bond donors (Lipinski definition) is 1. The number of amides is 2. The van der Waals surface area contributed by atoms with Crippen molar-refractivity contribution in [3.05, 3.63) is 64.9 Å². The molecule has 3 rings (SSSR count). The van der Waals surface area contributed by atoms with Crippen LogP contribution in [-0.2, 0) is 28.9 Å². The Bertz CT molecular complexity index is 988. The van der Waals surface area contributed by atoms with Crippen LogP contribution in [0.25, 0.3) is 6.08 Å². The van der Waals surface area contributed by atoms with Crippen LogP contribution in [0.4, 0.5) is 19.0 Å². The highest BCUT2D eigenvalue weighted by molar-refractivity contribution is 5.93. The van der Waals surface area contributed by atoms with Gasteiger partial charge in [-0.05, 0) is 42.4 Å². The Morgan fingerprint density at radius 2 is 2.07 bits per heavy atom. The van der Waals surface area contributed by atoms with Crippen molar-refractivity contribution in [3.8, 4) is 0 Å². The fourth-order valence-corrected chi connectivity index (χ4v) is 3.11. The number of nitrogens with zero attached hydrogens (tertiary/aromatic N) is 3. The van der Waals surface area contributed by atoms with Crippen molar-refractivity contribution in [1.82, 2.24) is 14.8 Å². The van der Waals surface area contributed by atoms with Gasteiger partial charge in [-0.2, -0.15) is 13.2 Å². The molecular weight excluding hydrogens is 397 g/mol. The van der Waals surface area contributed by atoms with E-state index >= 15 is 0 Å². The number of likely N-dealkylation sites (N-methyl/N-ethyl adjacent to an activating group) is 2. The summed E-state index contributed by atoms with van der Waals surface area (Å²) in [6.07, 6.45) is 0.0480. The number of carbonyl (C=O) groups excluding carboxylic acids is 2. The second kappa shape index (κ2) is 8.66. The third kappa shape index (κ3) is 5.44. The molecule has 0 bridgehead atoms. The lowest BCUT2D eigenvalue weighted by atomic mass is 10.1. The fraction of sp³-hybridized carbons (Fsp3) is 0.286. The van der Waals surface area contributed by atoms with Crippen LogP contribution in [0.2, 0.25) is 0 Å². The lowest BCUT2D eigenvalue weighted by molar-refractivity contribution is -0.137. The first-order valence-corrected chi connectivity index (χ1v) is 9.18. The molecule has 2 amide bonds. The highest BCUT2D eigenvalue weighted by Gasteiger charge is 2.30. The number of carbonyl (C=O) groups is 2. The van der Waals surface area contributed by atoms with E-state index in [1.165, 1.54) is 24.1 Å².